The Morgan fingerprint density at radius 3 is 3.05 bits per heavy atom. The summed E-state index contributed by atoms with van der Waals surface area (Å²) >= 11 is 0. The molecular formula is C13H16N4O2. The third-order valence-corrected chi connectivity index (χ3v) is 3.68. The second kappa shape index (κ2) is 4.62. The predicted molar refractivity (Wildman–Crippen MR) is 68.6 cm³/mol. The van der Waals surface area contributed by atoms with Crippen molar-refractivity contribution in [3.05, 3.63) is 30.4 Å². The second-order valence-corrected chi connectivity index (χ2v) is 5.18. The van der Waals surface area contributed by atoms with E-state index in [4.69, 9.17) is 5.11 Å². The van der Waals surface area contributed by atoms with Gasteiger partial charge < -0.3 is 5.11 Å². The molecular weight excluding hydrogens is 244 g/mol. The largest absolute Gasteiger partial charge is 0.481 e. The molecule has 3 heterocycles. The van der Waals surface area contributed by atoms with Crippen LogP contribution in [0.5, 0.6) is 0 Å². The van der Waals surface area contributed by atoms with Crippen LogP contribution < -0.4 is 0 Å². The molecule has 0 amide bonds. The Morgan fingerprint density at radius 1 is 1.53 bits per heavy atom. The lowest BCUT2D eigenvalue weighted by Gasteiger charge is -2.12. The van der Waals surface area contributed by atoms with E-state index in [-0.39, 0.29) is 11.8 Å². The lowest BCUT2D eigenvalue weighted by molar-refractivity contribution is -0.142. The van der Waals surface area contributed by atoms with Gasteiger partial charge in [0.1, 0.15) is 0 Å². The molecule has 1 aliphatic heterocycles. The van der Waals surface area contributed by atoms with E-state index in [0.717, 1.165) is 12.2 Å². The van der Waals surface area contributed by atoms with E-state index in [1.54, 1.807) is 6.20 Å². The number of carboxylic acids is 1. The van der Waals surface area contributed by atoms with Crippen LogP contribution in [0.15, 0.2) is 24.7 Å². The Balaban J connectivity index is 1.74. The van der Waals surface area contributed by atoms with Crippen LogP contribution in [0.25, 0.3) is 5.78 Å². The van der Waals surface area contributed by atoms with Gasteiger partial charge in [0.05, 0.1) is 11.6 Å². The Hall–Kier alpha value is -1.95. The SMILES string of the molecule is CC1CN(Cc2cn3cccnc3n2)CC1C(=O)O. The molecule has 0 radical (unpaired) electrons. The van der Waals surface area contributed by atoms with Crippen molar-refractivity contribution < 1.29 is 9.90 Å². The molecule has 0 spiro atoms. The maximum absolute atomic E-state index is 11.1. The third-order valence-electron chi connectivity index (χ3n) is 3.68. The zero-order valence-electron chi connectivity index (χ0n) is 10.7. The summed E-state index contributed by atoms with van der Waals surface area (Å²) < 4.78 is 1.88. The minimum absolute atomic E-state index is 0.188. The van der Waals surface area contributed by atoms with Gasteiger partial charge in [0.2, 0.25) is 5.78 Å². The van der Waals surface area contributed by atoms with Crippen LogP contribution in [-0.4, -0.2) is 43.4 Å². The van der Waals surface area contributed by atoms with E-state index < -0.39 is 5.97 Å². The van der Waals surface area contributed by atoms with E-state index in [1.165, 1.54) is 0 Å². The van der Waals surface area contributed by atoms with Crippen molar-refractivity contribution in [2.24, 2.45) is 11.8 Å². The minimum Gasteiger partial charge on any atom is -0.481 e. The summed E-state index contributed by atoms with van der Waals surface area (Å²) in [4.78, 5) is 21.8. The van der Waals surface area contributed by atoms with Gasteiger partial charge in [-0.2, -0.15) is 0 Å². The predicted octanol–water partition coefficient (Wildman–Crippen LogP) is 0.882. The number of nitrogens with zero attached hydrogens (tertiary/aromatic N) is 4. The summed E-state index contributed by atoms with van der Waals surface area (Å²) in [6.07, 6.45) is 5.57. The first-order valence-corrected chi connectivity index (χ1v) is 6.37. The summed E-state index contributed by atoms with van der Waals surface area (Å²) in [5.74, 6) is -0.103. The van der Waals surface area contributed by atoms with Crippen molar-refractivity contribution in [3.8, 4) is 0 Å². The van der Waals surface area contributed by atoms with Crippen LogP contribution in [0, 0.1) is 11.8 Å². The summed E-state index contributed by atoms with van der Waals surface area (Å²) in [6, 6.07) is 1.86. The Labute approximate surface area is 110 Å². The highest BCUT2D eigenvalue weighted by Gasteiger charge is 2.34. The Bertz CT molecular complexity index is 576. The molecule has 6 heteroatoms. The quantitative estimate of drug-likeness (QED) is 0.887. The minimum atomic E-state index is -0.702. The fourth-order valence-corrected chi connectivity index (χ4v) is 2.70. The zero-order chi connectivity index (χ0) is 13.4. The topological polar surface area (TPSA) is 70.7 Å². The van der Waals surface area contributed by atoms with Crippen molar-refractivity contribution in [1.29, 1.82) is 0 Å². The summed E-state index contributed by atoms with van der Waals surface area (Å²) in [5, 5.41) is 9.13. The maximum Gasteiger partial charge on any atom is 0.308 e. The molecule has 0 aliphatic carbocycles. The molecule has 100 valence electrons. The molecule has 6 nitrogen and oxygen atoms in total. The number of rotatable bonds is 3. The molecule has 1 aliphatic rings. The number of aromatic nitrogens is 3. The van der Waals surface area contributed by atoms with Crippen LogP contribution in [-0.2, 0) is 11.3 Å². The molecule has 1 saturated heterocycles. The van der Waals surface area contributed by atoms with Crippen molar-refractivity contribution in [1.82, 2.24) is 19.3 Å². The first-order valence-electron chi connectivity index (χ1n) is 6.37. The summed E-state index contributed by atoms with van der Waals surface area (Å²) in [5.41, 5.74) is 0.928. The first kappa shape index (κ1) is 12.1. The van der Waals surface area contributed by atoms with Gasteiger partial charge in [-0.3, -0.25) is 14.1 Å². The number of hydrogen-bond donors (Lipinski definition) is 1. The zero-order valence-corrected chi connectivity index (χ0v) is 10.7. The van der Waals surface area contributed by atoms with Crippen LogP contribution >= 0.6 is 0 Å². The van der Waals surface area contributed by atoms with Gasteiger partial charge in [0.25, 0.3) is 0 Å². The van der Waals surface area contributed by atoms with Gasteiger partial charge in [0, 0.05) is 38.2 Å². The molecule has 3 rings (SSSR count). The molecule has 0 saturated carbocycles. The van der Waals surface area contributed by atoms with E-state index in [9.17, 15) is 4.79 Å². The molecule has 0 bridgehead atoms. The fourth-order valence-electron chi connectivity index (χ4n) is 2.70. The van der Waals surface area contributed by atoms with Gasteiger partial charge in [-0.1, -0.05) is 6.92 Å². The van der Waals surface area contributed by atoms with Crippen LogP contribution in [0.2, 0.25) is 0 Å². The van der Waals surface area contributed by atoms with Crippen molar-refractivity contribution >= 4 is 11.7 Å². The van der Waals surface area contributed by atoms with Crippen molar-refractivity contribution in [2.75, 3.05) is 13.1 Å². The van der Waals surface area contributed by atoms with Crippen LogP contribution in [0.1, 0.15) is 12.6 Å². The van der Waals surface area contributed by atoms with Gasteiger partial charge in [-0.25, -0.2) is 9.97 Å². The van der Waals surface area contributed by atoms with Gasteiger partial charge in [-0.05, 0) is 12.0 Å². The highest BCUT2D eigenvalue weighted by atomic mass is 16.4. The van der Waals surface area contributed by atoms with Gasteiger partial charge >= 0.3 is 5.97 Å². The van der Waals surface area contributed by atoms with E-state index in [0.29, 0.717) is 18.9 Å². The highest BCUT2D eigenvalue weighted by Crippen LogP contribution is 2.24. The molecule has 2 atom stereocenters. The number of carboxylic acid groups (broad SMARTS) is 1. The first-order chi connectivity index (χ1) is 9.13. The Morgan fingerprint density at radius 2 is 2.37 bits per heavy atom. The standard InChI is InChI=1S/C13H16N4O2/c1-9-5-16(8-11(9)12(18)19)6-10-7-17-4-2-3-14-13(17)15-10/h2-4,7,9,11H,5-6,8H2,1H3,(H,18,19). The second-order valence-electron chi connectivity index (χ2n) is 5.18. The number of hydrogen-bond acceptors (Lipinski definition) is 4. The normalized spacial score (nSPS) is 24.1. The van der Waals surface area contributed by atoms with Crippen LogP contribution in [0.4, 0.5) is 0 Å². The van der Waals surface area contributed by atoms with Crippen LogP contribution in [0.3, 0.4) is 0 Å². The number of aliphatic carboxylic acids is 1. The van der Waals surface area contributed by atoms with Crippen molar-refractivity contribution in [2.45, 2.75) is 13.5 Å². The van der Waals surface area contributed by atoms with E-state index in [2.05, 4.69) is 14.9 Å². The van der Waals surface area contributed by atoms with E-state index in [1.807, 2.05) is 29.8 Å². The van der Waals surface area contributed by atoms with Gasteiger partial charge in [-0.15, -0.1) is 0 Å². The van der Waals surface area contributed by atoms with Crippen molar-refractivity contribution in [3.63, 3.8) is 0 Å². The lowest BCUT2D eigenvalue weighted by atomic mass is 9.99. The molecule has 0 aromatic carbocycles. The molecule has 1 N–H and O–H groups in total. The average molecular weight is 260 g/mol. The number of carbonyl (C=O) groups is 1. The fraction of sp³-hybridized carbons (Fsp3) is 0.462. The maximum atomic E-state index is 11.1. The monoisotopic (exact) mass is 260 g/mol. The average Bonchev–Trinajstić information content (AvgIpc) is 2.92. The number of imidazole rings is 1. The number of likely N-dealkylation sites (tertiary alicyclic amines) is 1. The summed E-state index contributed by atoms with van der Waals surface area (Å²) in [7, 11) is 0. The molecule has 2 aromatic rings. The summed E-state index contributed by atoms with van der Waals surface area (Å²) in [6.45, 7) is 4.07. The number of fused-ring (bicyclic) bond motifs is 1. The lowest BCUT2D eigenvalue weighted by Crippen LogP contribution is -2.23. The van der Waals surface area contributed by atoms with Gasteiger partial charge in [0.15, 0.2) is 0 Å². The highest BCUT2D eigenvalue weighted by molar-refractivity contribution is 5.71. The molecule has 2 aromatic heterocycles. The molecule has 1 fully saturated rings. The molecule has 19 heavy (non-hydrogen) atoms. The smallest absolute Gasteiger partial charge is 0.308 e. The molecule has 2 unspecified atom stereocenters. The Kier molecular flexibility index (Phi) is 2.94. The third kappa shape index (κ3) is 2.31. The van der Waals surface area contributed by atoms with E-state index >= 15 is 0 Å².